The number of aromatic nitrogens is 4. The van der Waals surface area contributed by atoms with Crippen LogP contribution in [0.2, 0.25) is 0 Å². The van der Waals surface area contributed by atoms with Gasteiger partial charge < -0.3 is 0 Å². The van der Waals surface area contributed by atoms with Crippen molar-refractivity contribution in [1.82, 2.24) is 19.6 Å². The molecule has 0 N–H and O–H groups in total. The Morgan fingerprint density at radius 2 is 1.90 bits per heavy atom. The summed E-state index contributed by atoms with van der Waals surface area (Å²) in [5, 5.41) is 4.35. The van der Waals surface area contributed by atoms with Crippen molar-refractivity contribution in [3.8, 4) is 0 Å². The molecule has 0 bridgehead atoms. The first-order valence-corrected chi connectivity index (χ1v) is 7.02. The molecule has 4 nitrogen and oxygen atoms in total. The number of hydrogen-bond donors (Lipinski definition) is 0. The molecule has 2 aromatic heterocycles. The third-order valence-electron chi connectivity index (χ3n) is 3.63. The largest absolute Gasteiger partial charge is 0.247 e. The molecule has 0 amide bonds. The number of fused-ring (bicyclic) bond motifs is 3. The van der Waals surface area contributed by atoms with Crippen LogP contribution in [0.5, 0.6) is 0 Å². The fraction of sp³-hybridized carbons (Fsp3) is 0.438. The second-order valence-corrected chi connectivity index (χ2v) is 6.60. The van der Waals surface area contributed by atoms with Crippen LogP contribution in [-0.4, -0.2) is 19.6 Å². The highest BCUT2D eigenvalue weighted by Gasteiger charge is 2.17. The topological polar surface area (TPSA) is 43.1 Å². The Morgan fingerprint density at radius 1 is 1.15 bits per heavy atom. The Balaban J connectivity index is 2.38. The number of hydrogen-bond acceptors (Lipinski definition) is 3. The van der Waals surface area contributed by atoms with Crippen LogP contribution in [0.1, 0.15) is 51.8 Å². The molecule has 4 heteroatoms. The summed E-state index contributed by atoms with van der Waals surface area (Å²) in [6.07, 6.45) is 1.60. The second-order valence-electron chi connectivity index (χ2n) is 6.60. The molecule has 0 aliphatic heterocycles. The molecule has 20 heavy (non-hydrogen) atoms. The molecule has 3 rings (SSSR count). The van der Waals surface area contributed by atoms with Gasteiger partial charge in [0.15, 0.2) is 5.65 Å². The molecule has 0 radical (unpaired) electrons. The average molecular weight is 268 g/mol. The molecule has 0 unspecified atom stereocenters. The minimum Gasteiger partial charge on any atom is -0.247 e. The van der Waals surface area contributed by atoms with Gasteiger partial charge >= 0.3 is 0 Å². The van der Waals surface area contributed by atoms with Crippen molar-refractivity contribution in [2.75, 3.05) is 0 Å². The van der Waals surface area contributed by atoms with Crippen LogP contribution in [0.3, 0.4) is 0 Å². The van der Waals surface area contributed by atoms with Crippen LogP contribution < -0.4 is 0 Å². The Labute approximate surface area is 118 Å². The van der Waals surface area contributed by atoms with Crippen LogP contribution in [0.15, 0.2) is 24.5 Å². The van der Waals surface area contributed by atoms with E-state index in [0.29, 0.717) is 5.92 Å². The number of benzene rings is 1. The summed E-state index contributed by atoms with van der Waals surface area (Å²) in [4.78, 5) is 9.18. The minimum atomic E-state index is 0.116. The van der Waals surface area contributed by atoms with Gasteiger partial charge in [-0.3, -0.25) is 0 Å². The van der Waals surface area contributed by atoms with Crippen molar-refractivity contribution < 1.29 is 0 Å². The van der Waals surface area contributed by atoms with Gasteiger partial charge in [0.2, 0.25) is 0 Å². The van der Waals surface area contributed by atoms with E-state index in [1.807, 2.05) is 4.52 Å². The zero-order valence-corrected chi connectivity index (χ0v) is 12.7. The zero-order chi connectivity index (χ0) is 14.5. The van der Waals surface area contributed by atoms with Crippen molar-refractivity contribution in [1.29, 1.82) is 0 Å². The maximum absolute atomic E-state index is 4.83. The lowest BCUT2D eigenvalue weighted by Crippen LogP contribution is -2.11. The number of nitrogens with zero attached hydrogens (tertiary/aromatic N) is 4. The quantitative estimate of drug-likeness (QED) is 0.676. The summed E-state index contributed by atoms with van der Waals surface area (Å²) in [5.74, 6) is 0.324. The van der Waals surface area contributed by atoms with Crippen LogP contribution >= 0.6 is 0 Å². The highest BCUT2D eigenvalue weighted by atomic mass is 15.3. The molecular weight excluding hydrogens is 248 g/mol. The first kappa shape index (κ1) is 13.0. The molecule has 0 aliphatic rings. The highest BCUT2D eigenvalue weighted by molar-refractivity contribution is 5.79. The third-order valence-corrected chi connectivity index (χ3v) is 3.63. The molecule has 1 aromatic carbocycles. The van der Waals surface area contributed by atoms with Gasteiger partial charge in [0, 0.05) is 0 Å². The molecule has 0 fully saturated rings. The smallest absolute Gasteiger partial charge is 0.177 e. The minimum absolute atomic E-state index is 0.116. The van der Waals surface area contributed by atoms with Gasteiger partial charge in [0.25, 0.3) is 0 Å². The van der Waals surface area contributed by atoms with E-state index in [1.54, 1.807) is 6.33 Å². The first-order chi connectivity index (χ1) is 9.38. The van der Waals surface area contributed by atoms with Crippen molar-refractivity contribution in [3.63, 3.8) is 0 Å². The normalized spacial score (nSPS) is 12.7. The summed E-state index contributed by atoms with van der Waals surface area (Å²) in [6.45, 7) is 10.9. The van der Waals surface area contributed by atoms with Gasteiger partial charge in [-0.25, -0.2) is 14.5 Å². The van der Waals surface area contributed by atoms with Crippen LogP contribution in [-0.2, 0) is 5.41 Å². The van der Waals surface area contributed by atoms with E-state index < -0.39 is 0 Å². The molecule has 0 saturated carbocycles. The van der Waals surface area contributed by atoms with Gasteiger partial charge in [-0.05, 0) is 29.0 Å². The maximum atomic E-state index is 4.83. The van der Waals surface area contributed by atoms with Crippen LogP contribution in [0, 0.1) is 0 Å². The predicted octanol–water partition coefficient (Wildman–Crippen LogP) is 3.70. The summed E-state index contributed by atoms with van der Waals surface area (Å²) in [6, 6.07) is 6.41. The molecule has 0 spiro atoms. The van der Waals surface area contributed by atoms with Crippen LogP contribution in [0.4, 0.5) is 0 Å². The van der Waals surface area contributed by atoms with Gasteiger partial charge in [-0.2, -0.15) is 5.10 Å². The monoisotopic (exact) mass is 268 g/mol. The van der Waals surface area contributed by atoms with E-state index in [1.165, 1.54) is 5.56 Å². The lowest BCUT2D eigenvalue weighted by molar-refractivity contribution is 0.591. The van der Waals surface area contributed by atoms with E-state index in [2.05, 4.69) is 62.9 Å². The van der Waals surface area contributed by atoms with Gasteiger partial charge in [-0.1, -0.05) is 40.7 Å². The lowest BCUT2D eigenvalue weighted by atomic mass is 9.87. The van der Waals surface area contributed by atoms with Crippen LogP contribution in [0.25, 0.3) is 16.7 Å². The number of rotatable bonds is 1. The Hall–Kier alpha value is -1.97. The molecule has 104 valence electrons. The maximum Gasteiger partial charge on any atom is 0.177 e. The second kappa shape index (κ2) is 4.27. The van der Waals surface area contributed by atoms with E-state index >= 15 is 0 Å². The summed E-state index contributed by atoms with van der Waals surface area (Å²) in [5.41, 5.74) is 5.25. The highest BCUT2D eigenvalue weighted by Crippen LogP contribution is 2.27. The molecule has 0 atom stereocenters. The fourth-order valence-corrected chi connectivity index (χ4v) is 2.42. The summed E-state index contributed by atoms with van der Waals surface area (Å²) in [7, 11) is 0. The van der Waals surface area contributed by atoms with Gasteiger partial charge in [-0.15, -0.1) is 0 Å². The van der Waals surface area contributed by atoms with Gasteiger partial charge in [0.1, 0.15) is 6.33 Å². The molecule has 3 aromatic rings. The van der Waals surface area contributed by atoms with Crippen molar-refractivity contribution >= 4 is 16.7 Å². The first-order valence-electron chi connectivity index (χ1n) is 7.02. The fourth-order valence-electron chi connectivity index (χ4n) is 2.42. The van der Waals surface area contributed by atoms with Crippen molar-refractivity contribution in [2.45, 2.75) is 46.0 Å². The molecule has 2 heterocycles. The predicted molar refractivity (Wildman–Crippen MR) is 81.1 cm³/mol. The Kier molecular flexibility index (Phi) is 2.78. The standard InChI is InChI=1S/C16H20N4/c1-10(2)14-15-17-9-18-20(15)13-7-6-11(16(3,4)5)8-12(13)19-14/h6-10H,1-5H3. The summed E-state index contributed by atoms with van der Waals surface area (Å²) >= 11 is 0. The van der Waals surface area contributed by atoms with E-state index in [4.69, 9.17) is 4.98 Å². The molecule has 0 aliphatic carbocycles. The Morgan fingerprint density at radius 3 is 2.55 bits per heavy atom. The SMILES string of the molecule is CC(C)c1nc2cc(C(C)(C)C)ccc2n2ncnc12. The van der Waals surface area contributed by atoms with Gasteiger partial charge in [0.05, 0.1) is 16.7 Å². The van der Waals surface area contributed by atoms with Crippen molar-refractivity contribution in [3.05, 3.63) is 35.8 Å². The molecule has 0 saturated heterocycles. The zero-order valence-electron chi connectivity index (χ0n) is 12.7. The Bertz CT molecular complexity index is 778. The molecular formula is C16H20N4. The van der Waals surface area contributed by atoms with Crippen molar-refractivity contribution in [2.24, 2.45) is 0 Å². The van der Waals surface area contributed by atoms with E-state index in [9.17, 15) is 0 Å². The third kappa shape index (κ3) is 1.96. The average Bonchev–Trinajstić information content (AvgIpc) is 2.84. The van der Waals surface area contributed by atoms with E-state index in [-0.39, 0.29) is 5.41 Å². The van der Waals surface area contributed by atoms with E-state index in [0.717, 1.165) is 22.4 Å². The summed E-state index contributed by atoms with van der Waals surface area (Å²) < 4.78 is 1.89. The lowest BCUT2D eigenvalue weighted by Gasteiger charge is -2.19.